The van der Waals surface area contributed by atoms with Gasteiger partial charge < -0.3 is 0 Å². The Hall–Kier alpha value is -0.860. The molecule has 2 heteroatoms. The van der Waals surface area contributed by atoms with Gasteiger partial charge in [-0.15, -0.1) is 0 Å². The molecule has 0 radical (unpaired) electrons. The second kappa shape index (κ2) is 3.62. The third-order valence-corrected chi connectivity index (χ3v) is 3.67. The summed E-state index contributed by atoms with van der Waals surface area (Å²) in [5, 5.41) is 2.42. The van der Waals surface area contributed by atoms with Crippen molar-refractivity contribution in [1.29, 1.82) is 0 Å². The fraction of sp³-hybridized carbons (Fsp3) is 0.538. The fourth-order valence-electron chi connectivity index (χ4n) is 2.70. The standard InChI is InChI=1S/C13H18N2/c1-3-7-12(8-4-1)11-15-13(14-15)9-5-2-6-10-13/h1,3-4,7-8,14H,2,5-6,9-11H2. The fourth-order valence-corrected chi connectivity index (χ4v) is 2.70. The van der Waals surface area contributed by atoms with Crippen molar-refractivity contribution in [2.45, 2.75) is 44.3 Å². The molecule has 1 spiro atoms. The molecular weight excluding hydrogens is 184 g/mol. The highest BCUT2D eigenvalue weighted by atomic mass is 15.8. The highest BCUT2D eigenvalue weighted by Gasteiger charge is 2.51. The predicted molar refractivity (Wildman–Crippen MR) is 60.9 cm³/mol. The van der Waals surface area contributed by atoms with E-state index >= 15 is 0 Å². The maximum Gasteiger partial charge on any atom is 0.0978 e. The minimum absolute atomic E-state index is 0.383. The molecule has 0 amide bonds. The van der Waals surface area contributed by atoms with Crippen LogP contribution in [-0.2, 0) is 6.54 Å². The van der Waals surface area contributed by atoms with Gasteiger partial charge in [-0.2, -0.15) is 0 Å². The van der Waals surface area contributed by atoms with Crippen molar-refractivity contribution in [2.24, 2.45) is 0 Å². The van der Waals surface area contributed by atoms with Gasteiger partial charge in [-0.25, -0.2) is 10.4 Å². The third kappa shape index (κ3) is 1.80. The predicted octanol–water partition coefficient (Wildman–Crippen LogP) is 2.67. The molecule has 1 saturated heterocycles. The van der Waals surface area contributed by atoms with Gasteiger partial charge >= 0.3 is 0 Å². The van der Waals surface area contributed by atoms with Crippen molar-refractivity contribution < 1.29 is 0 Å². The van der Waals surface area contributed by atoms with Crippen LogP contribution >= 0.6 is 0 Å². The lowest BCUT2D eigenvalue weighted by molar-refractivity contribution is 0.307. The van der Waals surface area contributed by atoms with E-state index in [1.165, 1.54) is 37.7 Å². The van der Waals surface area contributed by atoms with Crippen molar-refractivity contribution >= 4 is 0 Å². The van der Waals surface area contributed by atoms with Crippen LogP contribution in [-0.4, -0.2) is 10.7 Å². The molecule has 1 aromatic carbocycles. The summed E-state index contributed by atoms with van der Waals surface area (Å²) in [7, 11) is 0. The number of hydrogen-bond donors (Lipinski definition) is 1. The van der Waals surface area contributed by atoms with Crippen molar-refractivity contribution in [3.05, 3.63) is 35.9 Å². The lowest BCUT2D eigenvalue weighted by Gasteiger charge is -2.19. The average Bonchev–Trinajstić information content (AvgIpc) is 2.93. The summed E-state index contributed by atoms with van der Waals surface area (Å²) in [6.45, 7) is 1.06. The molecule has 0 aromatic heterocycles. The van der Waals surface area contributed by atoms with Crippen molar-refractivity contribution in [1.82, 2.24) is 10.4 Å². The average molecular weight is 202 g/mol. The number of hydrazine groups is 1. The molecule has 1 heterocycles. The molecule has 0 bridgehead atoms. The summed E-state index contributed by atoms with van der Waals surface area (Å²) in [4.78, 5) is 0. The molecular formula is C13H18N2. The first-order chi connectivity index (χ1) is 7.39. The summed E-state index contributed by atoms with van der Waals surface area (Å²) < 4.78 is 0. The van der Waals surface area contributed by atoms with Gasteiger partial charge in [0.15, 0.2) is 0 Å². The van der Waals surface area contributed by atoms with Crippen molar-refractivity contribution in [3.8, 4) is 0 Å². The van der Waals surface area contributed by atoms with Crippen molar-refractivity contribution in [2.75, 3.05) is 0 Å². The van der Waals surface area contributed by atoms with Gasteiger partial charge in [0, 0.05) is 6.54 Å². The van der Waals surface area contributed by atoms with E-state index in [2.05, 4.69) is 40.8 Å². The Kier molecular flexibility index (Phi) is 2.26. The molecule has 2 fully saturated rings. The molecule has 1 aliphatic carbocycles. The molecule has 3 rings (SSSR count). The zero-order valence-electron chi connectivity index (χ0n) is 9.08. The Morgan fingerprint density at radius 2 is 1.80 bits per heavy atom. The van der Waals surface area contributed by atoms with Gasteiger partial charge in [0.05, 0.1) is 5.66 Å². The Balaban J connectivity index is 1.63. The first-order valence-corrected chi connectivity index (χ1v) is 5.98. The van der Waals surface area contributed by atoms with Crippen LogP contribution in [0.5, 0.6) is 0 Å². The Morgan fingerprint density at radius 3 is 2.53 bits per heavy atom. The van der Waals surface area contributed by atoms with E-state index in [0.29, 0.717) is 5.66 Å². The van der Waals surface area contributed by atoms with Crippen LogP contribution in [0, 0.1) is 0 Å². The monoisotopic (exact) mass is 202 g/mol. The van der Waals surface area contributed by atoms with Gasteiger partial charge in [-0.05, 0) is 18.4 Å². The van der Waals surface area contributed by atoms with Crippen LogP contribution in [0.25, 0.3) is 0 Å². The second-order valence-corrected chi connectivity index (χ2v) is 4.78. The molecule has 1 saturated carbocycles. The lowest BCUT2D eigenvalue weighted by atomic mass is 9.92. The summed E-state index contributed by atoms with van der Waals surface area (Å²) in [6.07, 6.45) is 6.86. The van der Waals surface area contributed by atoms with Crippen molar-refractivity contribution in [3.63, 3.8) is 0 Å². The quantitative estimate of drug-likeness (QED) is 0.746. The number of hydrogen-bond acceptors (Lipinski definition) is 2. The lowest BCUT2D eigenvalue weighted by Crippen LogP contribution is -2.22. The molecule has 1 atom stereocenters. The first-order valence-electron chi connectivity index (χ1n) is 5.98. The van der Waals surface area contributed by atoms with E-state index in [-0.39, 0.29) is 0 Å². The highest BCUT2D eigenvalue weighted by Crippen LogP contribution is 2.40. The Morgan fingerprint density at radius 1 is 1.07 bits per heavy atom. The third-order valence-electron chi connectivity index (χ3n) is 3.67. The molecule has 1 N–H and O–H groups in total. The summed E-state index contributed by atoms with van der Waals surface area (Å²) in [5.74, 6) is 0. The van der Waals surface area contributed by atoms with Gasteiger partial charge in [0.2, 0.25) is 0 Å². The van der Waals surface area contributed by atoms with E-state index in [9.17, 15) is 0 Å². The van der Waals surface area contributed by atoms with Crippen LogP contribution in [0.4, 0.5) is 0 Å². The van der Waals surface area contributed by atoms with E-state index < -0.39 is 0 Å². The maximum absolute atomic E-state index is 3.57. The minimum Gasteiger partial charge on any atom is -0.232 e. The molecule has 1 unspecified atom stereocenters. The number of nitrogens with one attached hydrogen (secondary N) is 1. The normalized spacial score (nSPS) is 27.9. The van der Waals surface area contributed by atoms with Crippen LogP contribution < -0.4 is 5.43 Å². The number of rotatable bonds is 2. The van der Waals surface area contributed by atoms with Crippen LogP contribution in [0.3, 0.4) is 0 Å². The summed E-state index contributed by atoms with van der Waals surface area (Å²) in [6, 6.07) is 10.7. The van der Waals surface area contributed by atoms with E-state index in [1.807, 2.05) is 0 Å². The van der Waals surface area contributed by atoms with E-state index in [1.54, 1.807) is 0 Å². The molecule has 2 nitrogen and oxygen atoms in total. The minimum atomic E-state index is 0.383. The van der Waals surface area contributed by atoms with Crippen LogP contribution in [0.1, 0.15) is 37.7 Å². The van der Waals surface area contributed by atoms with Crippen LogP contribution in [0.2, 0.25) is 0 Å². The highest BCUT2D eigenvalue weighted by molar-refractivity contribution is 5.16. The molecule has 15 heavy (non-hydrogen) atoms. The van der Waals surface area contributed by atoms with Gasteiger partial charge in [-0.1, -0.05) is 49.6 Å². The SMILES string of the molecule is c1ccc(CN2NC23CCCCC3)cc1. The molecule has 2 aliphatic rings. The summed E-state index contributed by atoms with van der Waals surface area (Å²) >= 11 is 0. The number of benzene rings is 1. The summed E-state index contributed by atoms with van der Waals surface area (Å²) in [5.41, 5.74) is 5.36. The Labute approximate surface area is 91.3 Å². The second-order valence-electron chi connectivity index (χ2n) is 4.78. The zero-order valence-corrected chi connectivity index (χ0v) is 9.08. The first kappa shape index (κ1) is 9.37. The Bertz CT molecular complexity index is 328. The van der Waals surface area contributed by atoms with Gasteiger partial charge in [0.25, 0.3) is 0 Å². The van der Waals surface area contributed by atoms with Gasteiger partial charge in [-0.3, -0.25) is 0 Å². The smallest absolute Gasteiger partial charge is 0.0978 e. The van der Waals surface area contributed by atoms with E-state index in [0.717, 1.165) is 6.54 Å². The number of nitrogens with zero attached hydrogens (tertiary/aromatic N) is 1. The van der Waals surface area contributed by atoms with E-state index in [4.69, 9.17) is 0 Å². The van der Waals surface area contributed by atoms with Gasteiger partial charge in [0.1, 0.15) is 0 Å². The molecule has 80 valence electrons. The maximum atomic E-state index is 3.57. The largest absolute Gasteiger partial charge is 0.232 e. The van der Waals surface area contributed by atoms with Crippen LogP contribution in [0.15, 0.2) is 30.3 Å². The molecule has 1 aromatic rings. The molecule has 1 aliphatic heterocycles. The topological polar surface area (TPSA) is 25.0 Å². The zero-order chi connectivity index (χ0) is 10.1.